The molecular weight excluding hydrogens is 248 g/mol. The van der Waals surface area contributed by atoms with E-state index in [9.17, 15) is 4.79 Å². The molecule has 17 heavy (non-hydrogen) atoms. The minimum absolute atomic E-state index is 0.0502. The van der Waals surface area contributed by atoms with Gasteiger partial charge in [-0.1, -0.05) is 18.2 Å². The number of aryl methyl sites for hydroxylation is 1. The number of thioether (sulfide) groups is 1. The molecule has 0 spiro atoms. The summed E-state index contributed by atoms with van der Waals surface area (Å²) >= 11 is 3.39. The summed E-state index contributed by atoms with van der Waals surface area (Å²) in [7, 11) is 0. The lowest BCUT2D eigenvalue weighted by atomic mass is 9.96. The maximum atomic E-state index is 12.4. The van der Waals surface area contributed by atoms with Crippen LogP contribution in [0.3, 0.4) is 0 Å². The molecule has 0 radical (unpaired) electrons. The van der Waals surface area contributed by atoms with Gasteiger partial charge in [0.15, 0.2) is 5.78 Å². The molecule has 0 amide bonds. The first kappa shape index (κ1) is 11.1. The molecule has 1 unspecified atom stereocenters. The van der Waals surface area contributed by atoms with Gasteiger partial charge in [0, 0.05) is 15.5 Å². The summed E-state index contributed by atoms with van der Waals surface area (Å²) in [6.45, 7) is 2.04. The van der Waals surface area contributed by atoms with Crippen molar-refractivity contribution >= 4 is 28.9 Å². The van der Waals surface area contributed by atoms with Gasteiger partial charge in [0.1, 0.15) is 0 Å². The number of benzene rings is 1. The molecule has 2 heterocycles. The van der Waals surface area contributed by atoms with Gasteiger partial charge in [-0.2, -0.15) is 0 Å². The second-order valence-corrected chi connectivity index (χ2v) is 6.53. The molecule has 3 rings (SSSR count). The van der Waals surface area contributed by atoms with Crippen LogP contribution < -0.4 is 0 Å². The quantitative estimate of drug-likeness (QED) is 0.755. The fourth-order valence-corrected chi connectivity index (χ4v) is 4.21. The van der Waals surface area contributed by atoms with Gasteiger partial charge in [0.25, 0.3) is 0 Å². The zero-order chi connectivity index (χ0) is 11.8. The summed E-state index contributed by atoms with van der Waals surface area (Å²) in [5.41, 5.74) is 1.20. The van der Waals surface area contributed by atoms with Crippen LogP contribution >= 0.6 is 23.1 Å². The molecule has 0 saturated carbocycles. The molecule has 0 saturated heterocycles. The summed E-state index contributed by atoms with van der Waals surface area (Å²) in [5.74, 6) is 1.21. The molecular formula is C14H12OS2. The van der Waals surface area contributed by atoms with E-state index in [1.165, 1.54) is 15.3 Å². The molecule has 1 aromatic heterocycles. The SMILES string of the molecule is Cc1ccc(C(=O)C2CSc3ccccc32)s1. The largest absolute Gasteiger partial charge is 0.293 e. The standard InChI is InChI=1S/C14H12OS2/c1-9-6-7-13(17-9)14(15)11-8-16-12-5-3-2-4-10(11)12/h2-7,11H,8H2,1H3. The second-order valence-electron chi connectivity index (χ2n) is 4.18. The van der Waals surface area contributed by atoms with E-state index in [1.54, 1.807) is 23.1 Å². The van der Waals surface area contributed by atoms with Crippen LogP contribution in [0.25, 0.3) is 0 Å². The third-order valence-electron chi connectivity index (χ3n) is 3.00. The first-order valence-electron chi connectivity index (χ1n) is 5.58. The number of hydrogen-bond acceptors (Lipinski definition) is 3. The normalized spacial score (nSPS) is 18.1. The highest BCUT2D eigenvalue weighted by atomic mass is 32.2. The average Bonchev–Trinajstić information content (AvgIpc) is 2.94. The summed E-state index contributed by atoms with van der Waals surface area (Å²) < 4.78 is 0. The molecule has 1 aromatic carbocycles. The fraction of sp³-hybridized carbons (Fsp3) is 0.214. The van der Waals surface area contributed by atoms with Crippen molar-refractivity contribution in [2.75, 3.05) is 5.75 Å². The minimum Gasteiger partial charge on any atom is -0.293 e. The Morgan fingerprint density at radius 3 is 2.82 bits per heavy atom. The van der Waals surface area contributed by atoms with Crippen LogP contribution in [-0.2, 0) is 0 Å². The average molecular weight is 260 g/mol. The summed E-state index contributed by atoms with van der Waals surface area (Å²) in [4.78, 5) is 15.8. The van der Waals surface area contributed by atoms with Gasteiger partial charge in [0.2, 0.25) is 0 Å². The van der Waals surface area contributed by atoms with Crippen molar-refractivity contribution in [1.82, 2.24) is 0 Å². The van der Waals surface area contributed by atoms with Crippen LogP contribution in [0.15, 0.2) is 41.3 Å². The molecule has 0 N–H and O–H groups in total. The lowest BCUT2D eigenvalue weighted by molar-refractivity contribution is 0.0972. The molecule has 1 aliphatic heterocycles. The van der Waals surface area contributed by atoms with Crippen molar-refractivity contribution in [3.05, 3.63) is 51.7 Å². The van der Waals surface area contributed by atoms with Crippen molar-refractivity contribution in [2.24, 2.45) is 0 Å². The monoisotopic (exact) mass is 260 g/mol. The lowest BCUT2D eigenvalue weighted by Gasteiger charge is -2.07. The Morgan fingerprint density at radius 1 is 1.24 bits per heavy atom. The zero-order valence-corrected chi connectivity index (χ0v) is 11.1. The third kappa shape index (κ3) is 1.94. The van der Waals surface area contributed by atoms with E-state index in [-0.39, 0.29) is 11.7 Å². The van der Waals surface area contributed by atoms with E-state index < -0.39 is 0 Å². The number of Topliss-reactive ketones (excluding diaryl/α,β-unsaturated/α-hetero) is 1. The van der Waals surface area contributed by atoms with E-state index in [2.05, 4.69) is 12.1 Å². The number of hydrogen-bond donors (Lipinski definition) is 0. The van der Waals surface area contributed by atoms with Gasteiger partial charge in [-0.3, -0.25) is 4.79 Å². The summed E-state index contributed by atoms with van der Waals surface area (Å²) in [6.07, 6.45) is 0. The Morgan fingerprint density at radius 2 is 2.06 bits per heavy atom. The molecule has 0 aliphatic carbocycles. The van der Waals surface area contributed by atoms with Crippen LogP contribution in [0.1, 0.15) is 26.0 Å². The van der Waals surface area contributed by atoms with Gasteiger partial charge in [0.05, 0.1) is 10.8 Å². The summed E-state index contributed by atoms with van der Waals surface area (Å²) in [6, 6.07) is 12.2. The van der Waals surface area contributed by atoms with Crippen LogP contribution in [0.2, 0.25) is 0 Å². The molecule has 1 nitrogen and oxygen atoms in total. The highest BCUT2D eigenvalue weighted by Crippen LogP contribution is 2.41. The Bertz CT molecular complexity index is 571. The van der Waals surface area contributed by atoms with Gasteiger partial charge >= 0.3 is 0 Å². The number of carbonyl (C=O) groups excluding carboxylic acids is 1. The van der Waals surface area contributed by atoms with Crippen LogP contribution in [0.4, 0.5) is 0 Å². The maximum Gasteiger partial charge on any atom is 0.181 e. The summed E-state index contributed by atoms with van der Waals surface area (Å²) in [5, 5.41) is 0. The van der Waals surface area contributed by atoms with E-state index in [4.69, 9.17) is 0 Å². The Kier molecular flexibility index (Phi) is 2.81. The smallest absolute Gasteiger partial charge is 0.181 e. The highest BCUT2D eigenvalue weighted by Gasteiger charge is 2.30. The van der Waals surface area contributed by atoms with Gasteiger partial charge in [-0.05, 0) is 30.7 Å². The minimum atomic E-state index is 0.0502. The third-order valence-corrected chi connectivity index (χ3v) is 5.20. The van der Waals surface area contributed by atoms with Crippen molar-refractivity contribution in [3.63, 3.8) is 0 Å². The predicted octanol–water partition coefficient (Wildman–Crippen LogP) is 4.13. The molecule has 1 aliphatic rings. The number of thiophene rings is 1. The first-order chi connectivity index (χ1) is 8.25. The van der Waals surface area contributed by atoms with E-state index in [0.29, 0.717) is 0 Å². The number of carbonyl (C=O) groups is 1. The molecule has 2 aromatic rings. The van der Waals surface area contributed by atoms with Crippen LogP contribution in [0.5, 0.6) is 0 Å². The molecule has 0 bridgehead atoms. The first-order valence-corrected chi connectivity index (χ1v) is 7.38. The second kappa shape index (κ2) is 4.31. The Labute approximate surface area is 109 Å². The Hall–Kier alpha value is -1.06. The van der Waals surface area contributed by atoms with Crippen LogP contribution in [-0.4, -0.2) is 11.5 Å². The van der Waals surface area contributed by atoms with Crippen molar-refractivity contribution in [2.45, 2.75) is 17.7 Å². The van der Waals surface area contributed by atoms with E-state index >= 15 is 0 Å². The van der Waals surface area contributed by atoms with Gasteiger partial charge < -0.3 is 0 Å². The molecule has 0 fully saturated rings. The lowest BCUT2D eigenvalue weighted by Crippen LogP contribution is -2.10. The van der Waals surface area contributed by atoms with Crippen molar-refractivity contribution < 1.29 is 4.79 Å². The van der Waals surface area contributed by atoms with Crippen LogP contribution in [0, 0.1) is 6.92 Å². The maximum absolute atomic E-state index is 12.4. The predicted molar refractivity (Wildman–Crippen MR) is 73.3 cm³/mol. The van der Waals surface area contributed by atoms with Crippen molar-refractivity contribution in [3.8, 4) is 0 Å². The van der Waals surface area contributed by atoms with Gasteiger partial charge in [-0.25, -0.2) is 0 Å². The molecule has 1 atom stereocenters. The highest BCUT2D eigenvalue weighted by molar-refractivity contribution is 7.99. The fourth-order valence-electron chi connectivity index (χ4n) is 2.12. The Balaban J connectivity index is 1.95. The molecule has 3 heteroatoms. The number of ketones is 1. The van der Waals surface area contributed by atoms with Crippen molar-refractivity contribution in [1.29, 1.82) is 0 Å². The van der Waals surface area contributed by atoms with E-state index in [0.717, 1.165) is 10.6 Å². The molecule has 86 valence electrons. The van der Waals surface area contributed by atoms with Gasteiger partial charge in [-0.15, -0.1) is 23.1 Å². The zero-order valence-electron chi connectivity index (χ0n) is 9.47. The topological polar surface area (TPSA) is 17.1 Å². The van der Waals surface area contributed by atoms with E-state index in [1.807, 2.05) is 31.2 Å². The number of rotatable bonds is 2. The number of fused-ring (bicyclic) bond motifs is 1.